The highest BCUT2D eigenvalue weighted by atomic mass is 19.2. The van der Waals surface area contributed by atoms with Gasteiger partial charge in [0.25, 0.3) is 0 Å². The van der Waals surface area contributed by atoms with Gasteiger partial charge in [-0.1, -0.05) is 42.5 Å². The van der Waals surface area contributed by atoms with Crippen LogP contribution < -0.4 is 9.47 Å². The smallest absolute Gasteiger partial charge is 0.201 e. The lowest BCUT2D eigenvalue weighted by Crippen LogP contribution is -2.19. The molecule has 0 heterocycles. The standard InChI is InChI=1S/C30H31F3O2/c1-3-5-20-6-12-23(13-7-20)25-15-17-28(30(33)29(25)32)35-19-21-8-10-22(11-9-21)24-14-16-27(34-4-2)26(31)18-24/h3,5-7,12-18,21-22H,4,8-11,19H2,1-2H3/b5-3+. The minimum Gasteiger partial charge on any atom is -0.491 e. The zero-order valence-corrected chi connectivity index (χ0v) is 20.2. The molecule has 1 aliphatic carbocycles. The fraction of sp³-hybridized carbons (Fsp3) is 0.333. The Kier molecular flexibility index (Phi) is 8.17. The summed E-state index contributed by atoms with van der Waals surface area (Å²) in [6, 6.07) is 15.6. The Balaban J connectivity index is 1.34. The van der Waals surface area contributed by atoms with Gasteiger partial charge >= 0.3 is 0 Å². The zero-order chi connectivity index (χ0) is 24.8. The Labute approximate surface area is 205 Å². The molecule has 1 saturated carbocycles. The number of hydrogen-bond acceptors (Lipinski definition) is 2. The van der Waals surface area contributed by atoms with E-state index in [1.165, 1.54) is 6.07 Å². The quantitative estimate of drug-likeness (QED) is 0.322. The predicted octanol–water partition coefficient (Wildman–Crippen LogP) is 8.56. The SMILES string of the molecule is C/C=C/c1ccc(-c2ccc(OCC3CCC(c4ccc(OCC)c(F)c4)CC3)c(F)c2F)cc1. The number of allylic oxidation sites excluding steroid dienone is 1. The maximum absolute atomic E-state index is 14.8. The first-order valence-electron chi connectivity index (χ1n) is 12.3. The van der Waals surface area contributed by atoms with E-state index in [0.29, 0.717) is 18.8 Å². The van der Waals surface area contributed by atoms with Gasteiger partial charge in [-0.05, 0) is 92.3 Å². The van der Waals surface area contributed by atoms with Crippen molar-refractivity contribution in [3.8, 4) is 22.6 Å². The molecule has 4 rings (SSSR count). The van der Waals surface area contributed by atoms with Gasteiger partial charge < -0.3 is 9.47 Å². The lowest BCUT2D eigenvalue weighted by atomic mass is 9.79. The lowest BCUT2D eigenvalue weighted by molar-refractivity contribution is 0.192. The van der Waals surface area contributed by atoms with Crippen LogP contribution in [0.25, 0.3) is 17.2 Å². The second-order valence-electron chi connectivity index (χ2n) is 9.01. The fourth-order valence-electron chi connectivity index (χ4n) is 4.75. The number of halogens is 3. The average molecular weight is 481 g/mol. The number of hydrogen-bond donors (Lipinski definition) is 0. The summed E-state index contributed by atoms with van der Waals surface area (Å²) in [7, 11) is 0. The molecule has 0 atom stereocenters. The lowest BCUT2D eigenvalue weighted by Gasteiger charge is -2.29. The summed E-state index contributed by atoms with van der Waals surface area (Å²) in [4.78, 5) is 0. The summed E-state index contributed by atoms with van der Waals surface area (Å²) in [6.07, 6.45) is 7.46. The molecule has 1 aliphatic rings. The number of rotatable bonds is 8. The molecule has 0 aliphatic heterocycles. The summed E-state index contributed by atoms with van der Waals surface area (Å²) in [6.45, 7) is 4.52. The van der Waals surface area contributed by atoms with E-state index in [-0.39, 0.29) is 34.7 Å². The Morgan fingerprint density at radius 3 is 2.20 bits per heavy atom. The van der Waals surface area contributed by atoms with Crippen LogP contribution in [0, 0.1) is 23.4 Å². The van der Waals surface area contributed by atoms with Crippen molar-refractivity contribution in [2.24, 2.45) is 5.92 Å². The van der Waals surface area contributed by atoms with E-state index in [0.717, 1.165) is 36.8 Å². The summed E-state index contributed by atoms with van der Waals surface area (Å²) in [5.41, 5.74) is 2.81. The van der Waals surface area contributed by atoms with E-state index >= 15 is 0 Å². The molecule has 0 radical (unpaired) electrons. The van der Waals surface area contributed by atoms with E-state index in [1.807, 2.05) is 44.2 Å². The normalized spacial score (nSPS) is 18.1. The molecule has 1 fully saturated rings. The number of benzene rings is 3. The van der Waals surface area contributed by atoms with E-state index < -0.39 is 11.6 Å². The Morgan fingerprint density at radius 2 is 1.54 bits per heavy atom. The second kappa shape index (κ2) is 11.5. The number of ether oxygens (including phenoxy) is 2. The molecule has 5 heteroatoms. The summed E-state index contributed by atoms with van der Waals surface area (Å²) in [5, 5.41) is 0. The van der Waals surface area contributed by atoms with Crippen LogP contribution in [-0.4, -0.2) is 13.2 Å². The highest BCUT2D eigenvalue weighted by Gasteiger charge is 2.24. The van der Waals surface area contributed by atoms with Crippen LogP contribution in [0.3, 0.4) is 0 Å². The molecule has 3 aromatic rings. The van der Waals surface area contributed by atoms with Gasteiger partial charge in [-0.25, -0.2) is 8.78 Å². The molecule has 184 valence electrons. The molecule has 2 nitrogen and oxygen atoms in total. The van der Waals surface area contributed by atoms with Crippen LogP contribution in [0.2, 0.25) is 0 Å². The third kappa shape index (κ3) is 5.90. The highest BCUT2D eigenvalue weighted by molar-refractivity contribution is 5.67. The Bertz CT molecular complexity index is 1160. The fourth-order valence-corrected chi connectivity index (χ4v) is 4.75. The molecule has 0 amide bonds. The maximum Gasteiger partial charge on any atom is 0.201 e. The van der Waals surface area contributed by atoms with Crippen LogP contribution >= 0.6 is 0 Å². The van der Waals surface area contributed by atoms with Crippen molar-refractivity contribution in [3.05, 3.63) is 89.3 Å². The summed E-state index contributed by atoms with van der Waals surface area (Å²) >= 11 is 0. The van der Waals surface area contributed by atoms with Crippen molar-refractivity contribution in [1.82, 2.24) is 0 Å². The van der Waals surface area contributed by atoms with Gasteiger partial charge in [0.05, 0.1) is 13.2 Å². The molecule has 0 bridgehead atoms. The van der Waals surface area contributed by atoms with Crippen molar-refractivity contribution in [2.45, 2.75) is 45.4 Å². The summed E-state index contributed by atoms with van der Waals surface area (Å²) < 4.78 is 54.8. The minimum atomic E-state index is -0.960. The van der Waals surface area contributed by atoms with Gasteiger partial charge in [0.1, 0.15) is 0 Å². The van der Waals surface area contributed by atoms with Crippen molar-refractivity contribution >= 4 is 6.08 Å². The molecule has 0 aromatic heterocycles. The molecule has 0 N–H and O–H groups in total. The van der Waals surface area contributed by atoms with Crippen LogP contribution in [0.4, 0.5) is 13.2 Å². The van der Waals surface area contributed by atoms with Crippen molar-refractivity contribution in [2.75, 3.05) is 13.2 Å². The van der Waals surface area contributed by atoms with Crippen LogP contribution in [0.5, 0.6) is 11.5 Å². The third-order valence-electron chi connectivity index (χ3n) is 6.68. The van der Waals surface area contributed by atoms with Crippen LogP contribution in [-0.2, 0) is 0 Å². The highest BCUT2D eigenvalue weighted by Crippen LogP contribution is 2.38. The van der Waals surface area contributed by atoms with Gasteiger partial charge in [0.15, 0.2) is 23.1 Å². The molecule has 3 aromatic carbocycles. The van der Waals surface area contributed by atoms with Crippen molar-refractivity contribution in [1.29, 1.82) is 0 Å². The summed E-state index contributed by atoms with van der Waals surface area (Å²) in [5.74, 6) is -1.44. The van der Waals surface area contributed by atoms with Crippen molar-refractivity contribution < 1.29 is 22.6 Å². The molecular formula is C30H31F3O2. The monoisotopic (exact) mass is 480 g/mol. The average Bonchev–Trinajstić information content (AvgIpc) is 2.87. The molecule has 0 saturated heterocycles. The van der Waals surface area contributed by atoms with Gasteiger partial charge in [0.2, 0.25) is 5.82 Å². The molecular weight excluding hydrogens is 449 g/mol. The first-order chi connectivity index (χ1) is 17.0. The predicted molar refractivity (Wildman–Crippen MR) is 134 cm³/mol. The maximum atomic E-state index is 14.8. The zero-order valence-electron chi connectivity index (χ0n) is 20.2. The minimum absolute atomic E-state index is 0.0625. The first kappa shape index (κ1) is 24.9. The molecule has 0 spiro atoms. The molecule has 35 heavy (non-hydrogen) atoms. The Morgan fingerprint density at radius 1 is 0.829 bits per heavy atom. The van der Waals surface area contributed by atoms with Gasteiger partial charge in [-0.15, -0.1) is 0 Å². The topological polar surface area (TPSA) is 18.5 Å². The van der Waals surface area contributed by atoms with Gasteiger partial charge in [-0.3, -0.25) is 0 Å². The second-order valence-corrected chi connectivity index (χ2v) is 9.01. The van der Waals surface area contributed by atoms with Crippen LogP contribution in [0.1, 0.15) is 56.6 Å². The van der Waals surface area contributed by atoms with E-state index in [4.69, 9.17) is 9.47 Å². The van der Waals surface area contributed by atoms with Gasteiger partial charge in [-0.2, -0.15) is 4.39 Å². The van der Waals surface area contributed by atoms with Gasteiger partial charge in [0, 0.05) is 5.56 Å². The van der Waals surface area contributed by atoms with E-state index in [2.05, 4.69) is 0 Å². The molecule has 0 unspecified atom stereocenters. The van der Waals surface area contributed by atoms with Crippen LogP contribution in [0.15, 0.2) is 60.7 Å². The van der Waals surface area contributed by atoms with Crippen molar-refractivity contribution in [3.63, 3.8) is 0 Å². The first-order valence-corrected chi connectivity index (χ1v) is 12.3. The largest absolute Gasteiger partial charge is 0.491 e. The Hall–Kier alpha value is -3.21. The van der Waals surface area contributed by atoms with E-state index in [1.54, 1.807) is 30.3 Å². The third-order valence-corrected chi connectivity index (χ3v) is 6.68. The van der Waals surface area contributed by atoms with E-state index in [9.17, 15) is 13.2 Å².